The fourth-order valence-electron chi connectivity index (χ4n) is 6.72. The molecule has 1 unspecified atom stereocenters. The molecular weight excluding hydrogens is 889 g/mol. The van der Waals surface area contributed by atoms with Gasteiger partial charge in [0.1, 0.15) is 13.2 Å². The predicted molar refractivity (Wildman–Crippen MR) is 311 cm³/mol. The highest BCUT2D eigenvalue weighted by Crippen LogP contribution is 2.12. The minimum Gasteiger partial charge on any atom is -0.462 e. The SMILES string of the molecule is CC\C=C/C=C\C=C/C=C\C=C\C=C/C=C\CCCCCC(=O)OCC(COC(=O)CCC/C=C\C/C=C\C/C=C\C/C=C\CCCCC)OC(=O)CCCCCCC\C=C/C=C\C=C/C=C\CCCCC. The summed E-state index contributed by atoms with van der Waals surface area (Å²) in [5.74, 6) is -1.07. The van der Waals surface area contributed by atoms with Gasteiger partial charge >= 0.3 is 17.9 Å². The standard InChI is InChI=1S/C66H98O6/c1-4-7-10-13-16-19-22-25-28-31-33-36-38-41-44-47-50-53-56-59-65(68)71-62-63(61-70-64(67)58-55-52-49-46-43-40-37-34-30-27-24-21-18-15-12-9-6-3)72-66(69)60-57-54-51-48-45-42-39-35-32-29-26-23-20-17-14-11-8-5-2/h7,10,13,16-23,25-33,35-41,44,46,49,63H,4-6,8-9,11-12,14-15,24,34,42-43,45,47-48,50-62H2,1-3H3/b10-7-,16-13-,20-17-,21-18-,22-19-,26-23-,28-25-,30-27-,32-29-,33-31+,38-36-,39-35-,40-37-,44-41-,49-46-. The van der Waals surface area contributed by atoms with E-state index in [1.165, 1.54) is 44.9 Å². The summed E-state index contributed by atoms with van der Waals surface area (Å²) >= 11 is 0. The molecule has 398 valence electrons. The molecule has 0 bridgehead atoms. The number of rotatable bonds is 47. The molecule has 0 aliphatic carbocycles. The molecule has 0 saturated heterocycles. The molecule has 0 rings (SSSR count). The van der Waals surface area contributed by atoms with Gasteiger partial charge in [-0.25, -0.2) is 0 Å². The predicted octanol–water partition coefficient (Wildman–Crippen LogP) is 18.9. The van der Waals surface area contributed by atoms with Gasteiger partial charge in [-0.1, -0.05) is 254 Å². The van der Waals surface area contributed by atoms with Crippen LogP contribution in [0.25, 0.3) is 0 Å². The molecule has 0 fully saturated rings. The summed E-state index contributed by atoms with van der Waals surface area (Å²) in [7, 11) is 0. The zero-order valence-corrected chi connectivity index (χ0v) is 45.4. The van der Waals surface area contributed by atoms with Crippen LogP contribution in [0.4, 0.5) is 0 Å². The van der Waals surface area contributed by atoms with Crippen molar-refractivity contribution < 1.29 is 28.6 Å². The number of hydrogen-bond acceptors (Lipinski definition) is 6. The normalized spacial score (nSPS) is 13.5. The van der Waals surface area contributed by atoms with Crippen LogP contribution in [0.15, 0.2) is 182 Å². The molecule has 0 radical (unpaired) electrons. The summed E-state index contributed by atoms with van der Waals surface area (Å²) in [6.07, 6.45) is 87.2. The van der Waals surface area contributed by atoms with Crippen LogP contribution in [-0.2, 0) is 28.6 Å². The van der Waals surface area contributed by atoms with Crippen LogP contribution < -0.4 is 0 Å². The molecule has 0 aromatic carbocycles. The molecule has 72 heavy (non-hydrogen) atoms. The van der Waals surface area contributed by atoms with Crippen LogP contribution in [0, 0.1) is 0 Å². The van der Waals surface area contributed by atoms with Crippen molar-refractivity contribution in [2.24, 2.45) is 0 Å². The molecule has 0 N–H and O–H groups in total. The maximum Gasteiger partial charge on any atom is 0.306 e. The third-order valence-corrected chi connectivity index (χ3v) is 10.9. The van der Waals surface area contributed by atoms with Crippen molar-refractivity contribution in [3.8, 4) is 0 Å². The lowest BCUT2D eigenvalue weighted by molar-refractivity contribution is -0.167. The zero-order chi connectivity index (χ0) is 52.2. The molecule has 0 saturated carbocycles. The first kappa shape index (κ1) is 66.5. The molecular formula is C66H98O6. The minimum atomic E-state index is -0.844. The summed E-state index contributed by atoms with van der Waals surface area (Å²) in [5.41, 5.74) is 0. The van der Waals surface area contributed by atoms with Gasteiger partial charge in [0.2, 0.25) is 0 Å². The second kappa shape index (κ2) is 58.1. The largest absolute Gasteiger partial charge is 0.462 e. The third kappa shape index (κ3) is 55.4. The molecule has 0 spiro atoms. The van der Waals surface area contributed by atoms with Crippen LogP contribution in [0.3, 0.4) is 0 Å². The van der Waals surface area contributed by atoms with Crippen LogP contribution in [0.1, 0.15) is 194 Å². The molecule has 6 nitrogen and oxygen atoms in total. The topological polar surface area (TPSA) is 78.9 Å². The molecule has 0 aromatic heterocycles. The van der Waals surface area contributed by atoms with E-state index >= 15 is 0 Å². The number of allylic oxidation sites excluding steroid dienone is 30. The van der Waals surface area contributed by atoms with Crippen LogP contribution in [-0.4, -0.2) is 37.2 Å². The van der Waals surface area contributed by atoms with E-state index in [2.05, 4.69) is 130 Å². The lowest BCUT2D eigenvalue weighted by atomic mass is 10.1. The Morgan fingerprint density at radius 2 is 0.611 bits per heavy atom. The molecule has 0 amide bonds. The average molecular weight is 988 g/mol. The van der Waals surface area contributed by atoms with Gasteiger partial charge in [-0.15, -0.1) is 0 Å². The average Bonchev–Trinajstić information content (AvgIpc) is 3.38. The summed E-state index contributed by atoms with van der Waals surface area (Å²) in [6.45, 7) is 6.29. The van der Waals surface area contributed by atoms with Crippen molar-refractivity contribution in [3.63, 3.8) is 0 Å². The van der Waals surface area contributed by atoms with Gasteiger partial charge in [-0.05, 0) is 103 Å². The number of ether oxygens (including phenoxy) is 3. The highest BCUT2D eigenvalue weighted by molar-refractivity contribution is 5.71. The van der Waals surface area contributed by atoms with Gasteiger partial charge in [0.15, 0.2) is 6.10 Å². The van der Waals surface area contributed by atoms with E-state index in [9.17, 15) is 14.4 Å². The van der Waals surface area contributed by atoms with E-state index in [0.717, 1.165) is 96.3 Å². The highest BCUT2D eigenvalue weighted by Gasteiger charge is 2.19. The zero-order valence-electron chi connectivity index (χ0n) is 45.4. The maximum absolute atomic E-state index is 12.9. The van der Waals surface area contributed by atoms with Gasteiger partial charge in [0, 0.05) is 19.3 Å². The monoisotopic (exact) mass is 987 g/mol. The number of carbonyl (C=O) groups is 3. The van der Waals surface area contributed by atoms with Gasteiger partial charge in [0.25, 0.3) is 0 Å². The molecule has 0 heterocycles. The summed E-state index contributed by atoms with van der Waals surface area (Å²) in [5, 5.41) is 0. The summed E-state index contributed by atoms with van der Waals surface area (Å²) in [4.78, 5) is 38.1. The van der Waals surface area contributed by atoms with E-state index in [4.69, 9.17) is 14.2 Å². The first-order chi connectivity index (χ1) is 35.5. The Balaban J connectivity index is 4.68. The minimum absolute atomic E-state index is 0.139. The van der Waals surface area contributed by atoms with Crippen molar-refractivity contribution in [1.29, 1.82) is 0 Å². The Kier molecular flexibility index (Phi) is 53.7. The Bertz CT molecular complexity index is 1750. The second-order valence-electron chi connectivity index (χ2n) is 17.7. The Morgan fingerprint density at radius 1 is 0.306 bits per heavy atom. The maximum atomic E-state index is 12.9. The Morgan fingerprint density at radius 3 is 1.04 bits per heavy atom. The number of carbonyl (C=O) groups excluding carboxylic acids is 3. The van der Waals surface area contributed by atoms with E-state index < -0.39 is 6.10 Å². The van der Waals surface area contributed by atoms with E-state index in [1.54, 1.807) is 0 Å². The van der Waals surface area contributed by atoms with Crippen LogP contribution >= 0.6 is 0 Å². The van der Waals surface area contributed by atoms with Gasteiger partial charge in [-0.3, -0.25) is 14.4 Å². The molecule has 0 aliphatic heterocycles. The number of hydrogen-bond donors (Lipinski definition) is 0. The highest BCUT2D eigenvalue weighted by atomic mass is 16.6. The van der Waals surface area contributed by atoms with Crippen molar-refractivity contribution >= 4 is 17.9 Å². The fraction of sp³-hybridized carbons (Fsp3) is 0.500. The lowest BCUT2D eigenvalue weighted by Crippen LogP contribution is -2.30. The molecule has 0 aliphatic rings. The smallest absolute Gasteiger partial charge is 0.306 e. The quantitative estimate of drug-likeness (QED) is 0.0199. The van der Waals surface area contributed by atoms with Gasteiger partial charge < -0.3 is 14.2 Å². The van der Waals surface area contributed by atoms with E-state index in [1.807, 2.05) is 72.9 Å². The fourth-order valence-corrected chi connectivity index (χ4v) is 6.72. The first-order valence-corrected chi connectivity index (χ1v) is 27.9. The summed E-state index contributed by atoms with van der Waals surface area (Å²) < 4.78 is 16.7. The molecule has 6 heteroatoms. The van der Waals surface area contributed by atoms with Crippen molar-refractivity contribution in [2.75, 3.05) is 13.2 Å². The summed E-state index contributed by atoms with van der Waals surface area (Å²) in [6, 6.07) is 0. The Hall–Kier alpha value is -5.49. The van der Waals surface area contributed by atoms with Crippen LogP contribution in [0.5, 0.6) is 0 Å². The lowest BCUT2D eigenvalue weighted by Gasteiger charge is -2.18. The number of unbranched alkanes of at least 4 members (excludes halogenated alkanes) is 15. The Labute approximate surface area is 440 Å². The first-order valence-electron chi connectivity index (χ1n) is 27.9. The molecule has 0 aromatic rings. The van der Waals surface area contributed by atoms with Gasteiger partial charge in [0.05, 0.1) is 0 Å². The van der Waals surface area contributed by atoms with Crippen molar-refractivity contribution in [3.05, 3.63) is 182 Å². The second-order valence-corrected chi connectivity index (χ2v) is 17.7. The van der Waals surface area contributed by atoms with E-state index in [-0.39, 0.29) is 50.4 Å². The van der Waals surface area contributed by atoms with Gasteiger partial charge in [-0.2, -0.15) is 0 Å². The third-order valence-electron chi connectivity index (χ3n) is 10.9. The van der Waals surface area contributed by atoms with Crippen molar-refractivity contribution in [1.82, 2.24) is 0 Å². The van der Waals surface area contributed by atoms with E-state index in [0.29, 0.717) is 12.8 Å². The number of esters is 3. The molecule has 1 atom stereocenters. The van der Waals surface area contributed by atoms with Crippen LogP contribution in [0.2, 0.25) is 0 Å². The van der Waals surface area contributed by atoms with Crippen molar-refractivity contribution in [2.45, 2.75) is 200 Å².